The van der Waals surface area contributed by atoms with Crippen LogP contribution in [0, 0.1) is 0 Å². The summed E-state index contributed by atoms with van der Waals surface area (Å²) in [5.74, 6) is 0. The summed E-state index contributed by atoms with van der Waals surface area (Å²) in [5, 5.41) is 8.82. The van der Waals surface area contributed by atoms with Crippen molar-refractivity contribution in [2.45, 2.75) is 0 Å². The Kier molecular flexibility index (Phi) is 2.64. The van der Waals surface area contributed by atoms with E-state index >= 15 is 0 Å². The third-order valence-electron chi connectivity index (χ3n) is 0.327. The van der Waals surface area contributed by atoms with Crippen LogP contribution in [0.3, 0.4) is 0 Å². The van der Waals surface area contributed by atoms with Crippen molar-refractivity contribution in [2.24, 2.45) is 0 Å². The van der Waals surface area contributed by atoms with E-state index in [0.29, 0.717) is 0 Å². The Morgan fingerprint density at radius 2 is 2.25 bits per heavy atom. The summed E-state index contributed by atoms with van der Waals surface area (Å²) in [4.78, 5) is 17.4. The predicted molar refractivity (Wildman–Crippen MR) is 22.7 cm³/mol. The van der Waals surface area contributed by atoms with E-state index in [0.717, 1.165) is 0 Å². The van der Waals surface area contributed by atoms with E-state index in [1.165, 1.54) is 5.09 Å². The zero-order valence-corrected chi connectivity index (χ0v) is 4.54. The SMILES string of the molecule is O=CNP(=O)(O)OO. The molecule has 1 atom stereocenters. The second kappa shape index (κ2) is 2.78. The Hall–Kier alpha value is -0.420. The van der Waals surface area contributed by atoms with Gasteiger partial charge in [-0.3, -0.25) is 9.88 Å². The van der Waals surface area contributed by atoms with Crippen LogP contribution >= 0.6 is 7.75 Å². The van der Waals surface area contributed by atoms with Crippen molar-refractivity contribution in [2.75, 3.05) is 0 Å². The van der Waals surface area contributed by atoms with Gasteiger partial charge >= 0.3 is 7.75 Å². The van der Waals surface area contributed by atoms with E-state index in [-0.39, 0.29) is 6.41 Å². The van der Waals surface area contributed by atoms with Crippen molar-refractivity contribution in [3.63, 3.8) is 0 Å². The molecular formula is CH4NO5P. The molecule has 1 unspecified atom stereocenters. The number of hydrogen-bond donors (Lipinski definition) is 3. The molecule has 0 aromatic rings. The van der Waals surface area contributed by atoms with Crippen molar-refractivity contribution >= 4 is 14.2 Å². The van der Waals surface area contributed by atoms with Gasteiger partial charge in [0.05, 0.1) is 0 Å². The van der Waals surface area contributed by atoms with Gasteiger partial charge in [-0.25, -0.2) is 9.82 Å². The van der Waals surface area contributed by atoms with Crippen LogP contribution in [0.25, 0.3) is 0 Å². The Morgan fingerprint density at radius 1 is 1.75 bits per heavy atom. The van der Waals surface area contributed by atoms with Crippen molar-refractivity contribution in [3.05, 3.63) is 0 Å². The Balaban J connectivity index is 3.72. The van der Waals surface area contributed by atoms with E-state index in [2.05, 4.69) is 4.67 Å². The van der Waals surface area contributed by atoms with Crippen molar-refractivity contribution in [1.82, 2.24) is 5.09 Å². The fraction of sp³-hybridized carbons (Fsp3) is 0. The summed E-state index contributed by atoms with van der Waals surface area (Å²) in [6.45, 7) is 0. The van der Waals surface area contributed by atoms with Crippen LogP contribution in [0.4, 0.5) is 0 Å². The summed E-state index contributed by atoms with van der Waals surface area (Å²) < 4.78 is 12.9. The number of rotatable bonds is 3. The summed E-state index contributed by atoms with van der Waals surface area (Å²) in [6.07, 6.45) is -0.0585. The summed E-state index contributed by atoms with van der Waals surface area (Å²) in [7, 11) is -4.24. The highest BCUT2D eigenvalue weighted by Crippen LogP contribution is 2.33. The van der Waals surface area contributed by atoms with Crippen LogP contribution in [0.15, 0.2) is 0 Å². The lowest BCUT2D eigenvalue weighted by Crippen LogP contribution is -2.07. The van der Waals surface area contributed by atoms with Crippen LogP contribution in [-0.2, 0) is 14.0 Å². The maximum Gasteiger partial charge on any atom is 0.459 e. The maximum atomic E-state index is 9.92. The van der Waals surface area contributed by atoms with Crippen LogP contribution in [0.1, 0.15) is 0 Å². The first-order chi connectivity index (χ1) is 3.62. The molecule has 0 saturated heterocycles. The minimum absolute atomic E-state index is 0.0585. The van der Waals surface area contributed by atoms with E-state index in [1.54, 1.807) is 0 Å². The second-order valence-electron chi connectivity index (χ2n) is 0.849. The van der Waals surface area contributed by atoms with E-state index in [1.807, 2.05) is 0 Å². The summed E-state index contributed by atoms with van der Waals surface area (Å²) in [6, 6.07) is 0. The monoisotopic (exact) mass is 141 g/mol. The molecule has 48 valence electrons. The molecule has 0 aromatic heterocycles. The van der Waals surface area contributed by atoms with Gasteiger partial charge in [0.1, 0.15) is 0 Å². The quantitative estimate of drug-likeness (QED) is 0.209. The number of carbonyl (C=O) groups excluding carboxylic acids is 1. The predicted octanol–water partition coefficient (Wildman–Crippen LogP) is -0.678. The number of carbonyl (C=O) groups is 1. The van der Waals surface area contributed by atoms with Crippen LogP contribution in [0.5, 0.6) is 0 Å². The third-order valence-corrected chi connectivity index (χ3v) is 0.980. The molecule has 0 fully saturated rings. The minimum atomic E-state index is -4.24. The van der Waals surface area contributed by atoms with Crippen LogP contribution < -0.4 is 5.09 Å². The molecule has 0 aliphatic carbocycles. The number of nitrogens with one attached hydrogen (secondary N) is 1. The molecule has 0 spiro atoms. The second-order valence-corrected chi connectivity index (χ2v) is 2.31. The lowest BCUT2D eigenvalue weighted by molar-refractivity contribution is -0.148. The first-order valence-corrected chi connectivity index (χ1v) is 3.07. The van der Waals surface area contributed by atoms with Crippen LogP contribution in [0.2, 0.25) is 0 Å². The lowest BCUT2D eigenvalue weighted by atomic mass is 11.5. The van der Waals surface area contributed by atoms with E-state index in [4.69, 9.17) is 10.2 Å². The summed E-state index contributed by atoms with van der Waals surface area (Å²) >= 11 is 0. The third kappa shape index (κ3) is 2.70. The highest BCUT2D eigenvalue weighted by molar-refractivity contribution is 7.51. The Bertz CT molecular complexity index is 122. The fourth-order valence-corrected chi connectivity index (χ4v) is 0.271. The first kappa shape index (κ1) is 7.58. The topological polar surface area (TPSA) is 95.9 Å². The molecule has 0 heterocycles. The molecule has 3 N–H and O–H groups in total. The van der Waals surface area contributed by atoms with Gasteiger partial charge in [-0.05, 0) is 0 Å². The molecule has 6 nitrogen and oxygen atoms in total. The molecule has 0 aliphatic heterocycles. The van der Waals surface area contributed by atoms with Gasteiger partial charge in [0.2, 0.25) is 6.41 Å². The van der Waals surface area contributed by atoms with Gasteiger partial charge in [0, 0.05) is 0 Å². The minimum Gasteiger partial charge on any atom is -0.306 e. The van der Waals surface area contributed by atoms with E-state index < -0.39 is 7.75 Å². The largest absolute Gasteiger partial charge is 0.459 e. The number of hydrogen-bond acceptors (Lipinski definition) is 4. The molecule has 0 aromatic carbocycles. The van der Waals surface area contributed by atoms with Gasteiger partial charge < -0.3 is 4.89 Å². The van der Waals surface area contributed by atoms with E-state index in [9.17, 15) is 9.36 Å². The average Bonchev–Trinajstić information content (AvgIpc) is 1.67. The normalized spacial score (nSPS) is 16.8. The molecule has 0 radical (unpaired) electrons. The highest BCUT2D eigenvalue weighted by Gasteiger charge is 2.16. The van der Waals surface area contributed by atoms with Gasteiger partial charge in [-0.15, -0.1) is 4.67 Å². The van der Waals surface area contributed by atoms with Gasteiger partial charge in [0.25, 0.3) is 0 Å². The fourth-order valence-electron chi connectivity index (χ4n) is 0.0902. The standard InChI is InChI=1S/CH4NO5P/c3-1-2-8(5,6)7-4/h1,4H,(H2,2,3,5,6). The Labute approximate surface area is 44.6 Å². The highest BCUT2D eigenvalue weighted by atomic mass is 31.2. The molecule has 0 aliphatic rings. The van der Waals surface area contributed by atoms with Crippen molar-refractivity contribution in [3.8, 4) is 0 Å². The molecule has 0 saturated carbocycles. The molecular weight excluding hydrogens is 137 g/mol. The average molecular weight is 141 g/mol. The smallest absolute Gasteiger partial charge is 0.306 e. The van der Waals surface area contributed by atoms with Gasteiger partial charge in [-0.1, -0.05) is 0 Å². The zero-order chi connectivity index (χ0) is 6.62. The molecule has 8 heavy (non-hydrogen) atoms. The molecule has 0 bridgehead atoms. The first-order valence-electron chi connectivity index (χ1n) is 1.50. The maximum absolute atomic E-state index is 9.92. The van der Waals surface area contributed by atoms with Crippen molar-refractivity contribution < 1.29 is 24.2 Å². The molecule has 7 heteroatoms. The Morgan fingerprint density at radius 3 is 2.38 bits per heavy atom. The zero-order valence-electron chi connectivity index (χ0n) is 3.64. The molecule has 1 amide bonds. The van der Waals surface area contributed by atoms with Gasteiger partial charge in [-0.2, -0.15) is 0 Å². The lowest BCUT2D eigenvalue weighted by Gasteiger charge is -2.00. The summed E-state index contributed by atoms with van der Waals surface area (Å²) in [5.41, 5.74) is 0. The van der Waals surface area contributed by atoms with Crippen LogP contribution in [-0.4, -0.2) is 16.6 Å². The molecule has 0 rings (SSSR count). The number of amides is 1. The van der Waals surface area contributed by atoms with Crippen molar-refractivity contribution in [1.29, 1.82) is 0 Å². The van der Waals surface area contributed by atoms with Gasteiger partial charge in [0.15, 0.2) is 0 Å².